The maximum Gasteiger partial charge on any atom is 0.247 e. The van der Waals surface area contributed by atoms with Gasteiger partial charge in [0.05, 0.1) is 6.42 Å². The van der Waals surface area contributed by atoms with Gasteiger partial charge in [0, 0.05) is 15.6 Å². The molecule has 0 amide bonds. The second kappa shape index (κ2) is 5.84. The summed E-state index contributed by atoms with van der Waals surface area (Å²) >= 11 is 12.0. The van der Waals surface area contributed by atoms with E-state index in [4.69, 9.17) is 27.6 Å². The number of aromatic nitrogens is 2. The van der Waals surface area contributed by atoms with E-state index in [1.807, 2.05) is 6.07 Å². The van der Waals surface area contributed by atoms with E-state index in [0.717, 1.165) is 5.56 Å². The molecule has 0 N–H and O–H groups in total. The largest absolute Gasteiger partial charge is 0.420 e. The first-order valence-corrected chi connectivity index (χ1v) is 6.89. The van der Waals surface area contributed by atoms with Crippen molar-refractivity contribution in [3.8, 4) is 11.5 Å². The fraction of sp³-hybridized carbons (Fsp3) is 0.0667. The van der Waals surface area contributed by atoms with E-state index in [0.29, 0.717) is 33.8 Å². The summed E-state index contributed by atoms with van der Waals surface area (Å²) in [6.45, 7) is 0. The lowest BCUT2D eigenvalue weighted by atomic mass is 10.1. The van der Waals surface area contributed by atoms with Crippen LogP contribution in [0.3, 0.4) is 0 Å². The van der Waals surface area contributed by atoms with Gasteiger partial charge in [0.15, 0.2) is 0 Å². The van der Waals surface area contributed by atoms with Gasteiger partial charge in [0.2, 0.25) is 11.8 Å². The summed E-state index contributed by atoms with van der Waals surface area (Å²) in [6, 6.07) is 11.1. The lowest BCUT2D eigenvalue weighted by Crippen LogP contribution is -1.89. The van der Waals surface area contributed by atoms with Gasteiger partial charge in [0.25, 0.3) is 0 Å². The maximum atomic E-state index is 12.9. The van der Waals surface area contributed by atoms with E-state index in [1.165, 1.54) is 12.1 Å². The highest BCUT2D eigenvalue weighted by Gasteiger charge is 2.11. The van der Waals surface area contributed by atoms with Gasteiger partial charge < -0.3 is 4.42 Å². The van der Waals surface area contributed by atoms with Crippen LogP contribution in [0.15, 0.2) is 46.9 Å². The van der Waals surface area contributed by atoms with Gasteiger partial charge in [0.1, 0.15) is 5.82 Å². The van der Waals surface area contributed by atoms with E-state index in [-0.39, 0.29) is 5.82 Å². The number of rotatable bonds is 3. The van der Waals surface area contributed by atoms with Gasteiger partial charge in [-0.05, 0) is 42.0 Å². The molecule has 3 nitrogen and oxygen atoms in total. The molecule has 1 heterocycles. The standard InChI is InChI=1S/C15H9Cl2FN2O/c16-11-4-1-10(13(17)8-11)7-14-19-20-15(21-14)9-2-5-12(18)6-3-9/h1-6,8H,7H2. The molecule has 21 heavy (non-hydrogen) atoms. The molecule has 0 spiro atoms. The molecule has 0 fully saturated rings. The first kappa shape index (κ1) is 14.0. The first-order valence-electron chi connectivity index (χ1n) is 6.14. The Labute approximate surface area is 130 Å². The molecule has 0 aliphatic carbocycles. The molecular weight excluding hydrogens is 314 g/mol. The highest BCUT2D eigenvalue weighted by Crippen LogP contribution is 2.24. The van der Waals surface area contributed by atoms with Gasteiger partial charge in [-0.25, -0.2) is 4.39 Å². The summed E-state index contributed by atoms with van der Waals surface area (Å²) in [5.74, 6) is 0.458. The third-order valence-corrected chi connectivity index (χ3v) is 3.50. The Morgan fingerprint density at radius 3 is 2.48 bits per heavy atom. The number of hydrogen-bond acceptors (Lipinski definition) is 3. The Morgan fingerprint density at radius 1 is 1.00 bits per heavy atom. The molecule has 3 aromatic rings. The third kappa shape index (κ3) is 3.23. The van der Waals surface area contributed by atoms with Crippen LogP contribution in [-0.2, 0) is 6.42 Å². The summed E-state index contributed by atoms with van der Waals surface area (Å²) in [7, 11) is 0. The quantitative estimate of drug-likeness (QED) is 0.697. The molecular formula is C15H9Cl2FN2O. The summed E-state index contributed by atoms with van der Waals surface area (Å²) in [5.41, 5.74) is 1.51. The number of hydrogen-bond donors (Lipinski definition) is 0. The number of halogens is 3. The van der Waals surface area contributed by atoms with E-state index >= 15 is 0 Å². The van der Waals surface area contributed by atoms with Crippen molar-refractivity contribution < 1.29 is 8.81 Å². The highest BCUT2D eigenvalue weighted by molar-refractivity contribution is 6.35. The molecule has 0 atom stereocenters. The van der Waals surface area contributed by atoms with Crippen molar-refractivity contribution in [2.45, 2.75) is 6.42 Å². The van der Waals surface area contributed by atoms with E-state index in [1.54, 1.807) is 24.3 Å². The van der Waals surface area contributed by atoms with E-state index in [9.17, 15) is 4.39 Å². The smallest absolute Gasteiger partial charge is 0.247 e. The van der Waals surface area contributed by atoms with E-state index in [2.05, 4.69) is 10.2 Å². The van der Waals surface area contributed by atoms with E-state index < -0.39 is 0 Å². The fourth-order valence-corrected chi connectivity index (χ4v) is 2.34. The van der Waals surface area contributed by atoms with Crippen molar-refractivity contribution in [3.63, 3.8) is 0 Å². The number of nitrogens with zero attached hydrogens (tertiary/aromatic N) is 2. The van der Waals surface area contributed by atoms with Crippen LogP contribution >= 0.6 is 23.2 Å². The summed E-state index contributed by atoms with van der Waals surface area (Å²) in [6.07, 6.45) is 0.407. The topological polar surface area (TPSA) is 38.9 Å². The molecule has 0 aliphatic rings. The summed E-state index contributed by atoms with van der Waals surface area (Å²) in [5, 5.41) is 9.04. The zero-order valence-corrected chi connectivity index (χ0v) is 12.2. The van der Waals surface area contributed by atoms with Crippen LogP contribution in [0.1, 0.15) is 11.5 Å². The Balaban J connectivity index is 1.83. The van der Waals surface area contributed by atoms with Gasteiger partial charge in [-0.15, -0.1) is 10.2 Å². The Kier molecular flexibility index (Phi) is 3.90. The lowest BCUT2D eigenvalue weighted by Gasteiger charge is -2.01. The van der Waals surface area contributed by atoms with Crippen LogP contribution in [0.25, 0.3) is 11.5 Å². The van der Waals surface area contributed by atoms with Gasteiger partial charge in [-0.3, -0.25) is 0 Å². The second-order valence-electron chi connectivity index (χ2n) is 4.42. The summed E-state index contributed by atoms with van der Waals surface area (Å²) < 4.78 is 18.4. The highest BCUT2D eigenvalue weighted by atomic mass is 35.5. The Bertz CT molecular complexity index is 772. The average Bonchev–Trinajstić information content (AvgIpc) is 2.91. The Hall–Kier alpha value is -1.91. The minimum absolute atomic E-state index is 0.313. The van der Waals surface area contributed by atoms with Crippen LogP contribution < -0.4 is 0 Å². The average molecular weight is 323 g/mol. The molecule has 0 saturated carbocycles. The SMILES string of the molecule is Fc1ccc(-c2nnc(Cc3ccc(Cl)cc3Cl)o2)cc1. The molecule has 0 aliphatic heterocycles. The molecule has 2 aromatic carbocycles. The van der Waals surface area contributed by atoms with Gasteiger partial charge >= 0.3 is 0 Å². The van der Waals surface area contributed by atoms with Crippen molar-refractivity contribution in [1.82, 2.24) is 10.2 Å². The molecule has 0 unspecified atom stereocenters. The predicted octanol–water partition coefficient (Wildman–Crippen LogP) is 4.77. The van der Waals surface area contributed by atoms with Crippen LogP contribution in [0.5, 0.6) is 0 Å². The van der Waals surface area contributed by atoms with Gasteiger partial charge in [-0.1, -0.05) is 29.3 Å². The molecule has 0 bridgehead atoms. The first-order chi connectivity index (χ1) is 10.1. The molecule has 3 rings (SSSR count). The summed E-state index contributed by atoms with van der Waals surface area (Å²) in [4.78, 5) is 0. The minimum Gasteiger partial charge on any atom is -0.420 e. The molecule has 0 saturated heterocycles. The van der Waals surface area contributed by atoms with Crippen LogP contribution in [0, 0.1) is 5.82 Å². The second-order valence-corrected chi connectivity index (χ2v) is 5.26. The van der Waals surface area contributed by atoms with Crippen molar-refractivity contribution in [1.29, 1.82) is 0 Å². The van der Waals surface area contributed by atoms with Crippen molar-refractivity contribution in [3.05, 3.63) is 69.8 Å². The van der Waals surface area contributed by atoms with Crippen LogP contribution in [0.2, 0.25) is 10.0 Å². The number of benzene rings is 2. The van der Waals surface area contributed by atoms with Crippen LogP contribution in [0.4, 0.5) is 4.39 Å². The normalized spacial score (nSPS) is 10.8. The maximum absolute atomic E-state index is 12.9. The van der Waals surface area contributed by atoms with Crippen molar-refractivity contribution >= 4 is 23.2 Å². The monoisotopic (exact) mass is 322 g/mol. The van der Waals surface area contributed by atoms with Crippen LogP contribution in [-0.4, -0.2) is 10.2 Å². The fourth-order valence-electron chi connectivity index (χ4n) is 1.86. The predicted molar refractivity (Wildman–Crippen MR) is 79.0 cm³/mol. The van der Waals surface area contributed by atoms with Gasteiger partial charge in [-0.2, -0.15) is 0 Å². The van der Waals surface area contributed by atoms with Crippen molar-refractivity contribution in [2.24, 2.45) is 0 Å². The molecule has 0 radical (unpaired) electrons. The minimum atomic E-state index is -0.313. The lowest BCUT2D eigenvalue weighted by molar-refractivity contribution is 0.518. The molecule has 1 aromatic heterocycles. The zero-order valence-electron chi connectivity index (χ0n) is 10.7. The third-order valence-electron chi connectivity index (χ3n) is 2.91. The van der Waals surface area contributed by atoms with Crippen molar-refractivity contribution in [2.75, 3.05) is 0 Å². The molecule has 6 heteroatoms. The molecule has 106 valence electrons. The zero-order chi connectivity index (χ0) is 14.8. The Morgan fingerprint density at radius 2 is 1.76 bits per heavy atom.